The molecule has 1 aromatic carbocycles. The number of nitrogens with zero attached hydrogens (tertiary/aromatic N) is 2. The minimum absolute atomic E-state index is 0.237. The van der Waals surface area contributed by atoms with Crippen molar-refractivity contribution in [1.29, 1.82) is 0 Å². The van der Waals surface area contributed by atoms with E-state index in [4.69, 9.17) is 17.3 Å². The SMILES string of the molecule is Cc1cc(N)c(Cl)cc1NC(=O)c1snnc1C(C)(C)C. The molecule has 7 heteroatoms. The monoisotopic (exact) mass is 324 g/mol. The van der Waals surface area contributed by atoms with Crippen LogP contribution in [0.3, 0.4) is 0 Å². The normalized spacial score (nSPS) is 11.5. The summed E-state index contributed by atoms with van der Waals surface area (Å²) < 4.78 is 3.89. The van der Waals surface area contributed by atoms with Gasteiger partial charge in [0, 0.05) is 11.1 Å². The molecule has 0 bridgehead atoms. The van der Waals surface area contributed by atoms with Crippen molar-refractivity contribution in [2.24, 2.45) is 0 Å². The summed E-state index contributed by atoms with van der Waals surface area (Å²) in [6.07, 6.45) is 0. The molecule has 0 unspecified atom stereocenters. The summed E-state index contributed by atoms with van der Waals surface area (Å²) >= 11 is 7.09. The van der Waals surface area contributed by atoms with Crippen molar-refractivity contribution in [3.05, 3.63) is 33.3 Å². The van der Waals surface area contributed by atoms with Gasteiger partial charge in [-0.25, -0.2) is 0 Å². The van der Waals surface area contributed by atoms with Gasteiger partial charge in [-0.3, -0.25) is 4.79 Å². The number of nitrogens with two attached hydrogens (primary N) is 1. The highest BCUT2D eigenvalue weighted by molar-refractivity contribution is 7.08. The van der Waals surface area contributed by atoms with Crippen molar-refractivity contribution in [2.75, 3.05) is 11.1 Å². The lowest BCUT2D eigenvalue weighted by atomic mass is 9.91. The van der Waals surface area contributed by atoms with Gasteiger partial charge in [-0.05, 0) is 36.2 Å². The molecular formula is C14H17ClN4OS. The second-order valence-electron chi connectivity index (χ2n) is 5.84. The Kier molecular flexibility index (Phi) is 4.20. The van der Waals surface area contributed by atoms with E-state index < -0.39 is 0 Å². The molecule has 1 aromatic heterocycles. The lowest BCUT2D eigenvalue weighted by molar-refractivity contribution is 0.102. The number of nitrogens with one attached hydrogen (secondary N) is 1. The molecule has 2 aromatic rings. The molecule has 0 radical (unpaired) electrons. The first-order valence-corrected chi connectivity index (χ1v) is 7.55. The van der Waals surface area contributed by atoms with Crippen molar-refractivity contribution < 1.29 is 4.79 Å². The third kappa shape index (κ3) is 3.33. The van der Waals surface area contributed by atoms with Gasteiger partial charge in [0.2, 0.25) is 0 Å². The van der Waals surface area contributed by atoms with E-state index in [9.17, 15) is 4.79 Å². The summed E-state index contributed by atoms with van der Waals surface area (Å²) in [5.74, 6) is -0.237. The molecule has 1 amide bonds. The lowest BCUT2D eigenvalue weighted by Gasteiger charge is -2.16. The third-order valence-corrected chi connectivity index (χ3v) is 4.05. The van der Waals surface area contributed by atoms with Crippen LogP contribution in [0.5, 0.6) is 0 Å². The predicted molar refractivity (Wildman–Crippen MR) is 87.2 cm³/mol. The highest BCUT2D eigenvalue weighted by Gasteiger charge is 2.26. The van der Waals surface area contributed by atoms with Crippen LogP contribution in [0, 0.1) is 6.92 Å². The molecule has 3 N–H and O–H groups in total. The largest absolute Gasteiger partial charge is 0.398 e. The standard InChI is InChI=1S/C14H17ClN4OS/c1-7-5-9(16)8(15)6-10(7)17-13(20)11-12(14(2,3)4)18-19-21-11/h5-6H,16H2,1-4H3,(H,17,20). The molecule has 0 aliphatic carbocycles. The number of halogens is 1. The number of carbonyl (C=O) groups excluding carboxylic acids is 1. The number of amides is 1. The zero-order chi connectivity index (χ0) is 15.8. The van der Waals surface area contributed by atoms with Crippen LogP contribution >= 0.6 is 23.1 Å². The molecule has 0 saturated carbocycles. The van der Waals surface area contributed by atoms with E-state index >= 15 is 0 Å². The molecule has 0 aliphatic heterocycles. The second-order valence-corrected chi connectivity index (χ2v) is 7.00. The van der Waals surface area contributed by atoms with Gasteiger partial charge < -0.3 is 11.1 Å². The van der Waals surface area contributed by atoms with E-state index in [2.05, 4.69) is 14.9 Å². The lowest BCUT2D eigenvalue weighted by Crippen LogP contribution is -2.20. The average molecular weight is 325 g/mol. The van der Waals surface area contributed by atoms with E-state index in [1.807, 2.05) is 27.7 Å². The first-order chi connectivity index (χ1) is 9.70. The van der Waals surface area contributed by atoms with Crippen LogP contribution in [-0.2, 0) is 5.41 Å². The minimum atomic E-state index is -0.243. The minimum Gasteiger partial charge on any atom is -0.398 e. The third-order valence-electron chi connectivity index (χ3n) is 3.00. The number of hydrogen-bond acceptors (Lipinski definition) is 5. The average Bonchev–Trinajstić information content (AvgIpc) is 2.85. The second kappa shape index (κ2) is 5.61. The quantitative estimate of drug-likeness (QED) is 0.826. The van der Waals surface area contributed by atoms with Crippen LogP contribution in [0.25, 0.3) is 0 Å². The highest BCUT2D eigenvalue weighted by Crippen LogP contribution is 2.29. The highest BCUT2D eigenvalue weighted by atomic mass is 35.5. The van der Waals surface area contributed by atoms with E-state index in [0.717, 1.165) is 17.1 Å². The van der Waals surface area contributed by atoms with Gasteiger partial charge in [0.15, 0.2) is 0 Å². The Morgan fingerprint density at radius 1 is 1.38 bits per heavy atom. The molecule has 0 spiro atoms. The number of aromatic nitrogens is 2. The Morgan fingerprint density at radius 2 is 2.05 bits per heavy atom. The zero-order valence-electron chi connectivity index (χ0n) is 12.3. The molecule has 2 rings (SSSR count). The number of aryl methyl sites for hydroxylation is 1. The first-order valence-electron chi connectivity index (χ1n) is 6.40. The van der Waals surface area contributed by atoms with Crippen molar-refractivity contribution in [3.63, 3.8) is 0 Å². The van der Waals surface area contributed by atoms with Crippen molar-refractivity contribution in [1.82, 2.24) is 9.59 Å². The number of nitrogen functional groups attached to an aromatic ring is 1. The van der Waals surface area contributed by atoms with Gasteiger partial charge in [-0.15, -0.1) is 5.10 Å². The molecule has 1 heterocycles. The van der Waals surface area contributed by atoms with Crippen molar-refractivity contribution in [2.45, 2.75) is 33.1 Å². The Morgan fingerprint density at radius 3 is 2.67 bits per heavy atom. The number of carbonyl (C=O) groups is 1. The summed E-state index contributed by atoms with van der Waals surface area (Å²) in [7, 11) is 0. The van der Waals surface area contributed by atoms with Gasteiger partial charge in [-0.1, -0.05) is 36.9 Å². The summed E-state index contributed by atoms with van der Waals surface area (Å²) in [5, 5.41) is 7.32. The van der Waals surface area contributed by atoms with E-state index in [1.165, 1.54) is 0 Å². The fourth-order valence-corrected chi connectivity index (χ4v) is 2.78. The number of anilines is 2. The smallest absolute Gasteiger partial charge is 0.269 e. The topological polar surface area (TPSA) is 80.9 Å². The summed E-state index contributed by atoms with van der Waals surface area (Å²) in [5.41, 5.74) is 8.14. The van der Waals surface area contributed by atoms with Crippen LogP contribution in [0.15, 0.2) is 12.1 Å². The van der Waals surface area contributed by atoms with Gasteiger partial charge in [-0.2, -0.15) is 0 Å². The maximum Gasteiger partial charge on any atom is 0.269 e. The number of hydrogen-bond donors (Lipinski definition) is 2. The molecular weight excluding hydrogens is 308 g/mol. The van der Waals surface area contributed by atoms with Crippen molar-refractivity contribution in [3.8, 4) is 0 Å². The van der Waals surface area contributed by atoms with E-state index in [0.29, 0.717) is 27.0 Å². The molecule has 0 fully saturated rings. The molecule has 0 aliphatic rings. The Balaban J connectivity index is 2.31. The fourth-order valence-electron chi connectivity index (χ4n) is 1.85. The van der Waals surface area contributed by atoms with E-state index in [1.54, 1.807) is 12.1 Å². The Hall–Kier alpha value is -1.66. The van der Waals surface area contributed by atoms with Crippen LogP contribution in [0.2, 0.25) is 5.02 Å². The van der Waals surface area contributed by atoms with Crippen LogP contribution in [0.4, 0.5) is 11.4 Å². The maximum atomic E-state index is 12.4. The molecule has 0 saturated heterocycles. The fraction of sp³-hybridized carbons (Fsp3) is 0.357. The van der Waals surface area contributed by atoms with Crippen molar-refractivity contribution >= 4 is 40.4 Å². The molecule has 5 nitrogen and oxygen atoms in total. The molecule has 21 heavy (non-hydrogen) atoms. The summed E-state index contributed by atoms with van der Waals surface area (Å²) in [4.78, 5) is 12.9. The van der Waals surface area contributed by atoms with Crippen LogP contribution < -0.4 is 11.1 Å². The van der Waals surface area contributed by atoms with Gasteiger partial charge in [0.1, 0.15) is 4.88 Å². The predicted octanol–water partition coefficient (Wildman–Crippen LogP) is 3.63. The number of rotatable bonds is 2. The van der Waals surface area contributed by atoms with Gasteiger partial charge in [0.05, 0.1) is 16.4 Å². The molecule has 112 valence electrons. The van der Waals surface area contributed by atoms with Gasteiger partial charge in [0.25, 0.3) is 5.91 Å². The van der Waals surface area contributed by atoms with Crippen LogP contribution in [-0.4, -0.2) is 15.5 Å². The number of benzene rings is 1. The summed E-state index contributed by atoms with van der Waals surface area (Å²) in [6.45, 7) is 7.83. The van der Waals surface area contributed by atoms with Gasteiger partial charge >= 0.3 is 0 Å². The summed E-state index contributed by atoms with van der Waals surface area (Å²) in [6, 6.07) is 3.38. The Bertz CT molecular complexity index is 691. The molecule has 0 atom stereocenters. The van der Waals surface area contributed by atoms with Crippen LogP contribution in [0.1, 0.15) is 41.7 Å². The zero-order valence-corrected chi connectivity index (χ0v) is 13.9. The maximum absolute atomic E-state index is 12.4. The van der Waals surface area contributed by atoms with E-state index in [-0.39, 0.29) is 11.3 Å². The first kappa shape index (κ1) is 15.7. The Labute approximate surface area is 132 Å².